The molecular weight excluding hydrogens is 833 g/mol. The second-order valence-corrected chi connectivity index (χ2v) is 16.8. The van der Waals surface area contributed by atoms with Gasteiger partial charge in [-0.15, -0.1) is 13.2 Å². The minimum Gasteiger partial charge on any atom is -0.453 e. The minimum atomic E-state index is -5.10. The number of nitrogens with one attached hydrogen (secondary N) is 5. The zero-order chi connectivity index (χ0) is 44.8. The molecule has 2 aromatic heterocycles. The average molecular weight is 883 g/mol. The van der Waals surface area contributed by atoms with Crippen LogP contribution in [0.5, 0.6) is 5.75 Å². The lowest BCUT2D eigenvalue weighted by Gasteiger charge is -2.34. The van der Waals surface area contributed by atoms with Crippen LogP contribution in [-0.2, 0) is 19.1 Å². The number of methoxy groups -OCH3 is 1. The highest BCUT2D eigenvalue weighted by molar-refractivity contribution is 6.34. The molecule has 4 heterocycles. The number of H-pyrrole nitrogens is 1. The van der Waals surface area contributed by atoms with Crippen LogP contribution in [0.25, 0.3) is 22.4 Å². The van der Waals surface area contributed by atoms with E-state index >= 15 is 0 Å². The van der Waals surface area contributed by atoms with Crippen molar-refractivity contribution in [1.29, 1.82) is 0 Å². The molecule has 0 spiro atoms. The number of alkyl halides is 3. The molecule has 4 amide bonds. The number of nitrogens with zero attached hydrogens (tertiary/aromatic N) is 3. The summed E-state index contributed by atoms with van der Waals surface area (Å²) in [5.41, 5.74) is 1.02. The molecule has 6 rings (SSSR count). The van der Waals surface area contributed by atoms with Crippen molar-refractivity contribution in [3.63, 3.8) is 0 Å². The van der Waals surface area contributed by atoms with Crippen LogP contribution in [0.4, 0.5) is 29.5 Å². The van der Waals surface area contributed by atoms with Crippen LogP contribution in [-0.4, -0.2) is 96.0 Å². The van der Waals surface area contributed by atoms with Gasteiger partial charge in [0.05, 0.1) is 41.9 Å². The van der Waals surface area contributed by atoms with E-state index in [0.29, 0.717) is 75.0 Å². The van der Waals surface area contributed by atoms with Gasteiger partial charge < -0.3 is 45.4 Å². The number of aromatic amines is 1. The summed E-state index contributed by atoms with van der Waals surface area (Å²) in [4.78, 5) is 65.6. The lowest BCUT2D eigenvalue weighted by molar-refractivity contribution is -0.274. The summed E-state index contributed by atoms with van der Waals surface area (Å²) in [5.74, 6) is -0.697. The number of imidazole rings is 1. The summed E-state index contributed by atoms with van der Waals surface area (Å²) >= 11 is 6.60. The van der Waals surface area contributed by atoms with Gasteiger partial charge in [-0.1, -0.05) is 63.6 Å². The fourth-order valence-electron chi connectivity index (χ4n) is 7.42. The predicted molar refractivity (Wildman–Crippen MR) is 225 cm³/mol. The van der Waals surface area contributed by atoms with E-state index in [-0.39, 0.29) is 51.1 Å². The number of likely N-dealkylation sites (tertiary alicyclic amines) is 1. The number of hydrogen-bond acceptors (Lipinski definition) is 10. The minimum absolute atomic E-state index is 0.0816. The highest BCUT2D eigenvalue weighted by atomic mass is 35.5. The summed E-state index contributed by atoms with van der Waals surface area (Å²) in [5, 5.41) is 11.1. The highest BCUT2D eigenvalue weighted by Crippen LogP contribution is 2.42. The Kier molecular flexibility index (Phi) is 14.3. The molecule has 15 nitrogen and oxygen atoms in total. The Morgan fingerprint density at radius 1 is 0.984 bits per heavy atom. The molecule has 4 aromatic rings. The predicted octanol–water partition coefficient (Wildman–Crippen LogP) is 7.58. The summed E-state index contributed by atoms with van der Waals surface area (Å²) in [6.45, 7) is 9.68. The number of rotatable bonds is 13. The van der Waals surface area contributed by atoms with Crippen molar-refractivity contribution >= 4 is 46.9 Å². The van der Waals surface area contributed by atoms with Gasteiger partial charge >= 0.3 is 12.5 Å². The van der Waals surface area contributed by atoms with Crippen molar-refractivity contribution in [3.8, 4) is 28.1 Å². The fourth-order valence-corrected chi connectivity index (χ4v) is 7.74. The third kappa shape index (κ3) is 11.5. The van der Waals surface area contributed by atoms with Crippen molar-refractivity contribution in [2.75, 3.05) is 50.6 Å². The van der Waals surface area contributed by atoms with Crippen molar-refractivity contribution in [3.05, 3.63) is 77.3 Å². The Balaban J connectivity index is 1.16. The molecule has 2 aliphatic heterocycles. The van der Waals surface area contributed by atoms with Gasteiger partial charge in [0.1, 0.15) is 23.4 Å². The number of hydrogen-bond donors (Lipinski definition) is 5. The van der Waals surface area contributed by atoms with Crippen LogP contribution >= 0.6 is 11.6 Å². The monoisotopic (exact) mass is 882 g/mol. The number of alkyl carbamates (subject to hydrolysis) is 1. The van der Waals surface area contributed by atoms with E-state index in [1.165, 1.54) is 19.4 Å². The fraction of sp³-hybridized carbons (Fsp3) is 0.442. The number of halogens is 4. The lowest BCUT2D eigenvalue weighted by Crippen LogP contribution is -2.53. The molecule has 2 saturated heterocycles. The topological polar surface area (TPSA) is 189 Å². The normalized spacial score (nSPS) is 17.5. The van der Waals surface area contributed by atoms with Gasteiger partial charge in [-0.05, 0) is 66.5 Å². The zero-order valence-corrected chi connectivity index (χ0v) is 35.7. The van der Waals surface area contributed by atoms with Gasteiger partial charge in [0.2, 0.25) is 11.8 Å². The molecule has 2 aromatic carbocycles. The molecule has 62 heavy (non-hydrogen) atoms. The van der Waals surface area contributed by atoms with Gasteiger partial charge in [0.15, 0.2) is 0 Å². The van der Waals surface area contributed by atoms with Crippen LogP contribution in [0.15, 0.2) is 60.9 Å². The maximum atomic E-state index is 14.1. The lowest BCUT2D eigenvalue weighted by atomic mass is 9.90. The second-order valence-electron chi connectivity index (χ2n) is 16.4. The molecule has 2 aliphatic rings. The van der Waals surface area contributed by atoms with Crippen molar-refractivity contribution in [1.82, 2.24) is 30.5 Å². The third-order valence-electron chi connectivity index (χ3n) is 10.6. The van der Waals surface area contributed by atoms with Crippen LogP contribution in [0.1, 0.15) is 69.2 Å². The van der Waals surface area contributed by atoms with E-state index in [2.05, 4.69) is 41.0 Å². The quantitative estimate of drug-likeness (QED) is 0.0838. The first-order valence-electron chi connectivity index (χ1n) is 20.2. The second kappa shape index (κ2) is 19.4. The molecule has 332 valence electrons. The van der Waals surface area contributed by atoms with Gasteiger partial charge in [-0.25, -0.2) is 14.8 Å². The molecule has 0 unspecified atom stereocenters. The van der Waals surface area contributed by atoms with E-state index in [1.807, 2.05) is 27.7 Å². The summed E-state index contributed by atoms with van der Waals surface area (Å²) in [6, 6.07) is 10.7. The van der Waals surface area contributed by atoms with E-state index < -0.39 is 41.6 Å². The van der Waals surface area contributed by atoms with E-state index in [9.17, 15) is 32.3 Å². The zero-order valence-electron chi connectivity index (χ0n) is 35.0. The SMILES string of the molecule is COC(=O)N[C@H](C(=O)N1C[C@@H](C)C[C@H]1c1ncc(-c2ccc(-c3c(Cl)cc(C(=O)Nc4ccc(NCCNC(=O)C(C)(C)C)nc4)cc3OC(F)(F)F)cc2)[nH]1)C1CCOCC1. The van der Waals surface area contributed by atoms with Crippen LogP contribution in [0.3, 0.4) is 0 Å². The van der Waals surface area contributed by atoms with Crippen molar-refractivity contribution in [2.45, 2.75) is 65.4 Å². The molecular formula is C43H50ClF3N8O7. The Labute approximate surface area is 361 Å². The number of pyridine rings is 1. The van der Waals surface area contributed by atoms with Gasteiger partial charge in [-0.3, -0.25) is 14.4 Å². The summed E-state index contributed by atoms with van der Waals surface area (Å²) < 4.78 is 56.0. The van der Waals surface area contributed by atoms with Crippen molar-refractivity contribution < 1.29 is 46.6 Å². The maximum absolute atomic E-state index is 14.1. The average Bonchev–Trinajstić information content (AvgIpc) is 3.88. The van der Waals surface area contributed by atoms with Gasteiger partial charge in [0, 0.05) is 49.4 Å². The maximum Gasteiger partial charge on any atom is 0.573 e. The standard InChI is InChI=1S/C43H50ClF3N8O7/c1-24-18-32(55(23-24)39(57)36(54-41(59)60-5)27-12-16-61-17-13-27)37-51-22-31(53-37)25-6-8-26(9-7-25)35-30(44)19-28(20-33(35)62-43(45,46)47)38(56)52-29-10-11-34(50-21-29)48-14-15-49-40(58)42(2,3)4/h6-11,19-22,24,27,32,36H,12-18,23H2,1-5H3,(H,48,50)(H,49,58)(H,51,53)(H,52,56)(H,54,59)/t24-,32-,36-/m0/s1. The third-order valence-corrected chi connectivity index (χ3v) is 10.9. The number of carbonyl (C=O) groups excluding carboxylic acids is 4. The molecule has 0 bridgehead atoms. The van der Waals surface area contributed by atoms with E-state index in [0.717, 1.165) is 6.07 Å². The summed E-state index contributed by atoms with van der Waals surface area (Å²) in [7, 11) is 1.25. The molecule has 0 aliphatic carbocycles. The molecule has 3 atom stereocenters. The number of benzene rings is 2. The smallest absolute Gasteiger partial charge is 0.453 e. The molecule has 5 N–H and O–H groups in total. The summed E-state index contributed by atoms with van der Waals surface area (Å²) in [6.07, 6.45) is -0.948. The molecule has 19 heteroatoms. The highest BCUT2D eigenvalue weighted by Gasteiger charge is 2.42. The number of anilines is 2. The first-order chi connectivity index (χ1) is 29.4. The number of ether oxygens (including phenoxy) is 3. The van der Waals surface area contributed by atoms with Crippen LogP contribution in [0, 0.1) is 17.3 Å². The number of carbonyl (C=O) groups is 4. The van der Waals surface area contributed by atoms with E-state index in [4.69, 9.17) is 21.1 Å². The van der Waals surface area contributed by atoms with Crippen molar-refractivity contribution in [2.24, 2.45) is 17.3 Å². The number of amides is 4. The Hall–Kier alpha value is -5.88. The number of aromatic nitrogens is 3. The van der Waals surface area contributed by atoms with Gasteiger partial charge in [0.25, 0.3) is 5.91 Å². The Morgan fingerprint density at radius 2 is 1.69 bits per heavy atom. The molecule has 2 fully saturated rings. The largest absolute Gasteiger partial charge is 0.573 e. The van der Waals surface area contributed by atoms with E-state index in [1.54, 1.807) is 47.5 Å². The van der Waals surface area contributed by atoms with Crippen LogP contribution in [0.2, 0.25) is 5.02 Å². The first-order valence-corrected chi connectivity index (χ1v) is 20.5. The molecule has 0 radical (unpaired) electrons. The molecule has 0 saturated carbocycles. The Morgan fingerprint density at radius 3 is 2.34 bits per heavy atom. The first kappa shape index (κ1) is 45.6. The Bertz CT molecular complexity index is 2230. The van der Waals surface area contributed by atoms with Gasteiger partial charge in [-0.2, -0.15) is 0 Å². The van der Waals surface area contributed by atoms with Crippen LogP contribution < -0.4 is 26.0 Å².